The van der Waals surface area contributed by atoms with Gasteiger partial charge in [-0.1, -0.05) is 18.9 Å². The largest absolute Gasteiger partial charge is 0.324 e. The van der Waals surface area contributed by atoms with E-state index in [1.54, 1.807) is 12.3 Å². The minimum atomic E-state index is 0.0234. The predicted molar refractivity (Wildman–Crippen MR) is 101 cm³/mol. The molecule has 4 rings (SSSR count). The molecule has 0 radical (unpaired) electrons. The molecule has 1 aliphatic rings. The molecular weight excluding hydrogens is 312 g/mol. The van der Waals surface area contributed by atoms with Crippen molar-refractivity contribution in [1.82, 2.24) is 14.5 Å². The molecule has 2 heterocycles. The molecule has 5 heteroatoms. The molecule has 5 nitrogen and oxygen atoms in total. The second kappa shape index (κ2) is 6.31. The van der Waals surface area contributed by atoms with E-state index in [0.29, 0.717) is 5.95 Å². The summed E-state index contributed by atoms with van der Waals surface area (Å²) in [7, 11) is 0. The molecule has 0 bridgehead atoms. The van der Waals surface area contributed by atoms with Crippen molar-refractivity contribution in [2.45, 2.75) is 45.6 Å². The highest BCUT2D eigenvalue weighted by molar-refractivity contribution is 5.75. The Bertz CT molecular complexity index is 987. The molecule has 25 heavy (non-hydrogen) atoms. The quantitative estimate of drug-likeness (QED) is 0.777. The number of rotatable bonds is 3. The molecule has 1 fully saturated rings. The summed E-state index contributed by atoms with van der Waals surface area (Å²) < 4.78 is 1.86. The predicted octanol–water partition coefficient (Wildman–Crippen LogP) is 4.27. The van der Waals surface area contributed by atoms with Gasteiger partial charge in [-0.05, 0) is 56.0 Å². The molecule has 0 saturated heterocycles. The third-order valence-corrected chi connectivity index (χ3v) is 5.12. The second-order valence-corrected chi connectivity index (χ2v) is 6.88. The molecule has 1 aliphatic carbocycles. The first-order valence-corrected chi connectivity index (χ1v) is 8.84. The van der Waals surface area contributed by atoms with Crippen LogP contribution in [0.4, 0.5) is 11.6 Å². The lowest BCUT2D eigenvalue weighted by atomic mass is 10.1. The molecular formula is C20H22N4O. The van der Waals surface area contributed by atoms with Gasteiger partial charge in [0.1, 0.15) is 5.65 Å². The SMILES string of the molecule is Cc1ccc(Nc2ncc3ccc(=O)n(C4CCCC4)c3n2)cc1C. The number of nitrogens with one attached hydrogen (secondary N) is 1. The monoisotopic (exact) mass is 334 g/mol. The lowest BCUT2D eigenvalue weighted by molar-refractivity contribution is 0.516. The smallest absolute Gasteiger partial charge is 0.252 e. The van der Waals surface area contributed by atoms with E-state index in [4.69, 9.17) is 0 Å². The highest BCUT2D eigenvalue weighted by atomic mass is 16.1. The average molecular weight is 334 g/mol. The molecule has 128 valence electrons. The number of pyridine rings is 1. The van der Waals surface area contributed by atoms with E-state index < -0.39 is 0 Å². The number of benzene rings is 1. The Morgan fingerprint density at radius 3 is 2.64 bits per heavy atom. The molecule has 3 aromatic rings. The zero-order valence-electron chi connectivity index (χ0n) is 14.6. The van der Waals surface area contributed by atoms with Crippen LogP contribution < -0.4 is 10.9 Å². The van der Waals surface area contributed by atoms with Crippen molar-refractivity contribution >= 4 is 22.7 Å². The van der Waals surface area contributed by atoms with Crippen LogP contribution in [0, 0.1) is 13.8 Å². The number of hydrogen-bond donors (Lipinski definition) is 1. The summed E-state index contributed by atoms with van der Waals surface area (Å²) in [5, 5.41) is 4.16. The third kappa shape index (κ3) is 3.02. The minimum Gasteiger partial charge on any atom is -0.324 e. The standard InChI is InChI=1S/C20H22N4O/c1-13-7-9-16(11-14(13)2)22-20-21-12-15-8-10-18(25)24(19(15)23-20)17-5-3-4-6-17/h7-12,17H,3-6H2,1-2H3,(H,21,22,23). The molecule has 0 amide bonds. The van der Waals surface area contributed by atoms with E-state index >= 15 is 0 Å². The summed E-state index contributed by atoms with van der Waals surface area (Å²) >= 11 is 0. The van der Waals surface area contributed by atoms with Crippen LogP contribution in [0.2, 0.25) is 0 Å². The Balaban J connectivity index is 1.77. The van der Waals surface area contributed by atoms with Crippen molar-refractivity contribution in [2.24, 2.45) is 0 Å². The topological polar surface area (TPSA) is 59.8 Å². The molecule has 1 aromatic carbocycles. The number of nitrogens with zero attached hydrogens (tertiary/aromatic N) is 3. The first-order valence-electron chi connectivity index (χ1n) is 8.84. The van der Waals surface area contributed by atoms with Crippen molar-refractivity contribution in [3.63, 3.8) is 0 Å². The van der Waals surface area contributed by atoms with E-state index in [-0.39, 0.29) is 11.6 Å². The zero-order chi connectivity index (χ0) is 17.4. The van der Waals surface area contributed by atoms with Crippen LogP contribution >= 0.6 is 0 Å². The molecule has 2 aromatic heterocycles. The Morgan fingerprint density at radius 2 is 1.88 bits per heavy atom. The number of aromatic nitrogens is 3. The van der Waals surface area contributed by atoms with E-state index in [9.17, 15) is 4.79 Å². The van der Waals surface area contributed by atoms with Gasteiger partial charge in [0.25, 0.3) is 5.56 Å². The third-order valence-electron chi connectivity index (χ3n) is 5.12. The van der Waals surface area contributed by atoms with Gasteiger partial charge in [0, 0.05) is 29.4 Å². The maximum absolute atomic E-state index is 12.5. The normalized spacial score (nSPS) is 15.0. The average Bonchev–Trinajstić information content (AvgIpc) is 3.12. The van der Waals surface area contributed by atoms with E-state index in [0.717, 1.165) is 29.6 Å². The Kier molecular flexibility index (Phi) is 3.99. The minimum absolute atomic E-state index is 0.0234. The number of anilines is 2. The molecule has 0 unspecified atom stereocenters. The summed E-state index contributed by atoms with van der Waals surface area (Å²) in [6.45, 7) is 4.17. The molecule has 1 saturated carbocycles. The van der Waals surface area contributed by atoms with Crippen molar-refractivity contribution in [3.05, 3.63) is 58.0 Å². The fraction of sp³-hybridized carbons (Fsp3) is 0.350. The first kappa shape index (κ1) is 15.8. The molecule has 1 N–H and O–H groups in total. The van der Waals surface area contributed by atoms with Crippen molar-refractivity contribution in [1.29, 1.82) is 0 Å². The Hall–Kier alpha value is -2.69. The Morgan fingerprint density at radius 1 is 1.08 bits per heavy atom. The van der Waals surface area contributed by atoms with Crippen molar-refractivity contribution in [2.75, 3.05) is 5.32 Å². The summed E-state index contributed by atoms with van der Waals surface area (Å²) in [5.74, 6) is 0.521. The van der Waals surface area contributed by atoms with Gasteiger partial charge in [0.2, 0.25) is 5.95 Å². The molecule has 0 spiro atoms. The molecule has 0 atom stereocenters. The van der Waals surface area contributed by atoms with E-state index in [1.807, 2.05) is 16.7 Å². The lowest BCUT2D eigenvalue weighted by Crippen LogP contribution is -2.23. The summed E-state index contributed by atoms with van der Waals surface area (Å²) in [4.78, 5) is 21.5. The molecule has 0 aliphatic heterocycles. The number of fused-ring (bicyclic) bond motifs is 1. The lowest BCUT2D eigenvalue weighted by Gasteiger charge is -2.16. The maximum Gasteiger partial charge on any atom is 0.252 e. The van der Waals surface area contributed by atoms with Gasteiger partial charge in [0.05, 0.1) is 0 Å². The van der Waals surface area contributed by atoms with Gasteiger partial charge in [-0.15, -0.1) is 0 Å². The van der Waals surface area contributed by atoms with Crippen LogP contribution in [0.5, 0.6) is 0 Å². The number of hydrogen-bond acceptors (Lipinski definition) is 4. The van der Waals surface area contributed by atoms with Gasteiger partial charge in [-0.2, -0.15) is 4.98 Å². The first-order chi connectivity index (χ1) is 12.1. The van der Waals surface area contributed by atoms with Crippen LogP contribution in [0.3, 0.4) is 0 Å². The highest BCUT2D eigenvalue weighted by Crippen LogP contribution is 2.30. The van der Waals surface area contributed by atoms with Crippen molar-refractivity contribution in [3.8, 4) is 0 Å². The maximum atomic E-state index is 12.5. The van der Waals surface area contributed by atoms with Gasteiger partial charge in [-0.3, -0.25) is 9.36 Å². The second-order valence-electron chi connectivity index (χ2n) is 6.88. The van der Waals surface area contributed by atoms with E-state index in [1.165, 1.54) is 24.0 Å². The van der Waals surface area contributed by atoms with Crippen LogP contribution in [0.15, 0.2) is 41.3 Å². The van der Waals surface area contributed by atoms with Crippen molar-refractivity contribution < 1.29 is 0 Å². The van der Waals surface area contributed by atoms with Gasteiger partial charge in [-0.25, -0.2) is 4.98 Å². The summed E-state index contributed by atoms with van der Waals surface area (Å²) in [6.07, 6.45) is 6.22. The zero-order valence-corrected chi connectivity index (χ0v) is 14.6. The van der Waals surface area contributed by atoms with E-state index in [2.05, 4.69) is 41.3 Å². The summed E-state index contributed by atoms with van der Waals surface area (Å²) in [5.41, 5.74) is 4.16. The van der Waals surface area contributed by atoms with Crippen LogP contribution in [0.25, 0.3) is 11.0 Å². The van der Waals surface area contributed by atoms with Gasteiger partial charge >= 0.3 is 0 Å². The van der Waals surface area contributed by atoms with Crippen LogP contribution in [0.1, 0.15) is 42.9 Å². The number of aryl methyl sites for hydroxylation is 2. The highest BCUT2D eigenvalue weighted by Gasteiger charge is 2.20. The van der Waals surface area contributed by atoms with Crippen LogP contribution in [-0.2, 0) is 0 Å². The fourth-order valence-electron chi connectivity index (χ4n) is 3.56. The van der Waals surface area contributed by atoms with Crippen LogP contribution in [-0.4, -0.2) is 14.5 Å². The van der Waals surface area contributed by atoms with Gasteiger partial charge in [0.15, 0.2) is 0 Å². The summed E-state index contributed by atoms with van der Waals surface area (Å²) in [6, 6.07) is 9.86. The van der Waals surface area contributed by atoms with Gasteiger partial charge < -0.3 is 5.32 Å². The fourth-order valence-corrected chi connectivity index (χ4v) is 3.56. The Labute approximate surface area is 146 Å².